The highest BCUT2D eigenvalue weighted by molar-refractivity contribution is 5.47. The molecule has 0 saturated heterocycles. The van der Waals surface area contributed by atoms with E-state index >= 15 is 0 Å². The molecule has 2 heteroatoms. The Hall–Kier alpha value is -1.31. The first kappa shape index (κ1) is 8.78. The zero-order chi connectivity index (χ0) is 8.97. The molecule has 12 heavy (non-hydrogen) atoms. The van der Waals surface area contributed by atoms with Gasteiger partial charge in [-0.1, -0.05) is 18.2 Å². The largest absolute Gasteiger partial charge is 0.398 e. The minimum Gasteiger partial charge on any atom is -0.398 e. The first-order valence-electron chi connectivity index (χ1n) is 3.83. The molecule has 0 atom stereocenters. The highest BCUT2D eigenvalue weighted by atomic mass is 19.1. The maximum absolute atomic E-state index is 12.0. The van der Waals surface area contributed by atoms with Crippen LogP contribution in [0.25, 0.3) is 0 Å². The van der Waals surface area contributed by atoms with Crippen LogP contribution in [0.15, 0.2) is 36.2 Å². The van der Waals surface area contributed by atoms with Crippen LogP contribution >= 0.6 is 0 Å². The second kappa shape index (κ2) is 3.90. The van der Waals surface area contributed by atoms with Crippen molar-refractivity contribution in [3.8, 4) is 0 Å². The third-order valence-electron chi connectivity index (χ3n) is 1.71. The predicted molar refractivity (Wildman–Crippen MR) is 49.4 cm³/mol. The molecule has 1 nitrogen and oxygen atoms in total. The zero-order valence-electron chi connectivity index (χ0n) is 7.05. The van der Waals surface area contributed by atoms with Gasteiger partial charge in [0.1, 0.15) is 0 Å². The lowest BCUT2D eigenvalue weighted by molar-refractivity contribution is 0.704. The molecule has 1 aromatic carbocycles. The molecule has 2 N–H and O–H groups in total. The maximum Gasteiger partial charge on any atom is 0.0859 e. The van der Waals surface area contributed by atoms with Gasteiger partial charge in [-0.25, -0.2) is 4.39 Å². The fourth-order valence-corrected chi connectivity index (χ4v) is 1.03. The van der Waals surface area contributed by atoms with Crippen molar-refractivity contribution in [1.29, 1.82) is 0 Å². The van der Waals surface area contributed by atoms with Crippen LogP contribution in [0.1, 0.15) is 12.5 Å². The van der Waals surface area contributed by atoms with Gasteiger partial charge in [0.15, 0.2) is 0 Å². The van der Waals surface area contributed by atoms with E-state index in [1.54, 1.807) is 6.92 Å². The molecule has 64 valence electrons. The SMILES string of the molecule is C/C(=C\F)Cc1ccccc1N. The van der Waals surface area contributed by atoms with E-state index in [9.17, 15) is 4.39 Å². The lowest BCUT2D eigenvalue weighted by atomic mass is 10.1. The third kappa shape index (κ3) is 2.09. The monoisotopic (exact) mass is 165 g/mol. The van der Waals surface area contributed by atoms with Crippen LogP contribution in [0.2, 0.25) is 0 Å². The van der Waals surface area contributed by atoms with Gasteiger partial charge in [-0.15, -0.1) is 0 Å². The highest BCUT2D eigenvalue weighted by Crippen LogP contribution is 2.14. The number of halogens is 1. The lowest BCUT2D eigenvalue weighted by Crippen LogP contribution is -1.94. The van der Waals surface area contributed by atoms with Crippen LogP contribution < -0.4 is 5.73 Å². The smallest absolute Gasteiger partial charge is 0.0859 e. The van der Waals surface area contributed by atoms with Crippen LogP contribution in [0.4, 0.5) is 10.1 Å². The zero-order valence-corrected chi connectivity index (χ0v) is 7.05. The molecule has 0 heterocycles. The van der Waals surface area contributed by atoms with Gasteiger partial charge in [-0.05, 0) is 30.5 Å². The molecule has 0 saturated carbocycles. The number of benzene rings is 1. The first-order valence-corrected chi connectivity index (χ1v) is 3.83. The molecule has 0 aliphatic carbocycles. The number of hydrogen-bond acceptors (Lipinski definition) is 1. The number of nitrogen functional groups attached to an aromatic ring is 1. The van der Waals surface area contributed by atoms with Crippen molar-refractivity contribution in [2.75, 3.05) is 5.73 Å². The summed E-state index contributed by atoms with van der Waals surface area (Å²) in [6.45, 7) is 1.74. The van der Waals surface area contributed by atoms with Crippen LogP contribution in [0.5, 0.6) is 0 Å². The Bertz CT molecular complexity index is 292. The number of nitrogens with two attached hydrogens (primary N) is 1. The molecule has 0 aromatic heterocycles. The molecule has 0 aliphatic rings. The maximum atomic E-state index is 12.0. The summed E-state index contributed by atoms with van der Waals surface area (Å²) in [6, 6.07) is 7.49. The van der Waals surface area contributed by atoms with Crippen LogP contribution in [0, 0.1) is 0 Å². The quantitative estimate of drug-likeness (QED) is 0.670. The minimum atomic E-state index is 0.586. The molecule has 1 aromatic rings. The first-order chi connectivity index (χ1) is 5.74. The Balaban J connectivity index is 2.82. The number of anilines is 1. The second-order valence-corrected chi connectivity index (χ2v) is 2.83. The number of rotatable bonds is 2. The normalized spacial score (nSPS) is 11.7. The topological polar surface area (TPSA) is 26.0 Å². The Morgan fingerprint density at radius 1 is 1.50 bits per heavy atom. The average Bonchev–Trinajstić information content (AvgIpc) is 2.09. The molecular weight excluding hydrogens is 153 g/mol. The van der Waals surface area contributed by atoms with Gasteiger partial charge < -0.3 is 5.73 Å². The summed E-state index contributed by atoms with van der Waals surface area (Å²) < 4.78 is 12.0. The summed E-state index contributed by atoms with van der Waals surface area (Å²) in [5.41, 5.74) is 8.06. The van der Waals surface area contributed by atoms with Crippen molar-refractivity contribution in [3.05, 3.63) is 41.7 Å². The summed E-state index contributed by atoms with van der Waals surface area (Å²) in [7, 11) is 0. The molecule has 0 unspecified atom stereocenters. The van der Waals surface area contributed by atoms with Crippen molar-refractivity contribution >= 4 is 5.69 Å². The number of hydrogen-bond donors (Lipinski definition) is 1. The Labute approximate surface area is 71.7 Å². The molecule has 0 spiro atoms. The second-order valence-electron chi connectivity index (χ2n) is 2.83. The van der Waals surface area contributed by atoms with E-state index in [0.717, 1.165) is 11.3 Å². The van der Waals surface area contributed by atoms with Crippen molar-refractivity contribution in [1.82, 2.24) is 0 Å². The summed E-state index contributed by atoms with van der Waals surface area (Å²) in [5.74, 6) is 0. The Kier molecular flexibility index (Phi) is 2.86. The number of allylic oxidation sites excluding steroid dienone is 1. The van der Waals surface area contributed by atoms with Gasteiger partial charge in [0, 0.05) is 5.69 Å². The van der Waals surface area contributed by atoms with E-state index in [-0.39, 0.29) is 0 Å². The van der Waals surface area contributed by atoms with E-state index < -0.39 is 0 Å². The van der Waals surface area contributed by atoms with Gasteiger partial charge in [-0.2, -0.15) is 0 Å². The highest BCUT2D eigenvalue weighted by Gasteiger charge is 1.97. The van der Waals surface area contributed by atoms with Gasteiger partial charge in [0.05, 0.1) is 6.33 Å². The Morgan fingerprint density at radius 2 is 2.17 bits per heavy atom. The molecule has 0 aliphatic heterocycles. The summed E-state index contributed by atoms with van der Waals surface area (Å²) in [5, 5.41) is 0. The molecule has 0 bridgehead atoms. The van der Waals surface area contributed by atoms with Crippen molar-refractivity contribution in [3.63, 3.8) is 0 Å². The lowest BCUT2D eigenvalue weighted by Gasteiger charge is -2.03. The van der Waals surface area contributed by atoms with Gasteiger partial charge in [-0.3, -0.25) is 0 Å². The standard InChI is InChI=1S/C10H12FN/c1-8(7-11)6-9-4-2-3-5-10(9)12/h2-5,7H,6,12H2,1H3/b8-7+. The molecule has 0 radical (unpaired) electrons. The number of para-hydroxylation sites is 1. The summed E-state index contributed by atoms with van der Waals surface area (Å²) in [4.78, 5) is 0. The van der Waals surface area contributed by atoms with Gasteiger partial charge in [0.2, 0.25) is 0 Å². The van der Waals surface area contributed by atoms with E-state index in [4.69, 9.17) is 5.73 Å². The van der Waals surface area contributed by atoms with Crippen LogP contribution in [0.3, 0.4) is 0 Å². The van der Waals surface area contributed by atoms with Crippen LogP contribution in [-0.2, 0) is 6.42 Å². The average molecular weight is 165 g/mol. The van der Waals surface area contributed by atoms with E-state index in [2.05, 4.69) is 0 Å². The van der Waals surface area contributed by atoms with Crippen molar-refractivity contribution in [2.24, 2.45) is 0 Å². The fraction of sp³-hybridized carbons (Fsp3) is 0.200. The molecule has 1 rings (SSSR count). The molecular formula is C10H12FN. The minimum absolute atomic E-state index is 0.586. The predicted octanol–water partition coefficient (Wildman–Crippen LogP) is 2.68. The van der Waals surface area contributed by atoms with Gasteiger partial charge in [0.25, 0.3) is 0 Å². The van der Waals surface area contributed by atoms with Crippen molar-refractivity contribution in [2.45, 2.75) is 13.3 Å². The summed E-state index contributed by atoms with van der Waals surface area (Å²) in [6.07, 6.45) is 1.20. The van der Waals surface area contributed by atoms with Gasteiger partial charge >= 0.3 is 0 Å². The van der Waals surface area contributed by atoms with Crippen molar-refractivity contribution < 1.29 is 4.39 Å². The molecule has 0 amide bonds. The third-order valence-corrected chi connectivity index (χ3v) is 1.71. The molecule has 0 fully saturated rings. The Morgan fingerprint density at radius 3 is 2.75 bits per heavy atom. The van der Waals surface area contributed by atoms with E-state index in [1.165, 1.54) is 0 Å². The van der Waals surface area contributed by atoms with E-state index in [0.29, 0.717) is 18.3 Å². The van der Waals surface area contributed by atoms with Crippen LogP contribution in [-0.4, -0.2) is 0 Å². The summed E-state index contributed by atoms with van der Waals surface area (Å²) >= 11 is 0. The fourth-order valence-electron chi connectivity index (χ4n) is 1.03. The van der Waals surface area contributed by atoms with E-state index in [1.807, 2.05) is 24.3 Å².